The molecule has 1 atom stereocenters. The van der Waals surface area contributed by atoms with Gasteiger partial charge in [-0.05, 0) is 56.2 Å². The van der Waals surface area contributed by atoms with Crippen molar-refractivity contribution in [3.63, 3.8) is 0 Å². The molecule has 0 fully saturated rings. The maximum atomic E-state index is 13.6. The first kappa shape index (κ1) is 27.1. The molecule has 2 amide bonds. The Bertz CT molecular complexity index is 1160. The van der Waals surface area contributed by atoms with Crippen molar-refractivity contribution < 1.29 is 19.1 Å². The van der Waals surface area contributed by atoms with Gasteiger partial charge in [-0.2, -0.15) is 0 Å². The van der Waals surface area contributed by atoms with Crippen LogP contribution in [0.3, 0.4) is 0 Å². The Labute approximate surface area is 218 Å². The van der Waals surface area contributed by atoms with Crippen LogP contribution in [0.15, 0.2) is 78.9 Å². The van der Waals surface area contributed by atoms with Crippen molar-refractivity contribution in [2.75, 3.05) is 13.7 Å². The summed E-state index contributed by atoms with van der Waals surface area (Å²) in [6.07, 6.45) is 0.352. The predicted octanol–water partition coefficient (Wildman–Crippen LogP) is 5.28. The van der Waals surface area contributed by atoms with Gasteiger partial charge < -0.3 is 19.7 Å². The Balaban J connectivity index is 1.95. The van der Waals surface area contributed by atoms with Gasteiger partial charge in [-0.15, -0.1) is 0 Å². The van der Waals surface area contributed by atoms with Crippen LogP contribution >= 0.6 is 11.6 Å². The van der Waals surface area contributed by atoms with E-state index >= 15 is 0 Å². The second-order valence-corrected chi connectivity index (χ2v) is 9.94. The largest absolute Gasteiger partial charge is 0.497 e. The highest BCUT2D eigenvalue weighted by molar-refractivity contribution is 6.32. The number of carbonyl (C=O) groups excluding carboxylic acids is 2. The molecule has 36 heavy (non-hydrogen) atoms. The minimum Gasteiger partial charge on any atom is -0.497 e. The first-order valence-electron chi connectivity index (χ1n) is 11.8. The maximum Gasteiger partial charge on any atom is 0.261 e. The highest BCUT2D eigenvalue weighted by atomic mass is 35.5. The smallest absolute Gasteiger partial charge is 0.261 e. The number of rotatable bonds is 10. The zero-order chi connectivity index (χ0) is 26.1. The van der Waals surface area contributed by atoms with Crippen molar-refractivity contribution in [3.05, 3.63) is 95.0 Å². The minimum atomic E-state index is -0.764. The normalized spacial score (nSPS) is 11.9. The molecule has 3 aromatic rings. The van der Waals surface area contributed by atoms with Gasteiger partial charge in [0.2, 0.25) is 5.91 Å². The first-order valence-corrected chi connectivity index (χ1v) is 12.2. The molecule has 3 rings (SSSR count). The van der Waals surface area contributed by atoms with Crippen molar-refractivity contribution >= 4 is 23.4 Å². The molecule has 0 aliphatic rings. The van der Waals surface area contributed by atoms with Crippen LogP contribution < -0.4 is 14.8 Å². The molecular weight excluding hydrogens is 476 g/mol. The number of hydrogen-bond donors (Lipinski definition) is 1. The van der Waals surface area contributed by atoms with Crippen molar-refractivity contribution in [2.24, 2.45) is 0 Å². The van der Waals surface area contributed by atoms with E-state index < -0.39 is 11.6 Å². The monoisotopic (exact) mass is 508 g/mol. The highest BCUT2D eigenvalue weighted by Gasteiger charge is 2.32. The van der Waals surface area contributed by atoms with E-state index in [-0.39, 0.29) is 25.0 Å². The number of hydrogen-bond acceptors (Lipinski definition) is 4. The van der Waals surface area contributed by atoms with E-state index in [9.17, 15) is 9.59 Å². The topological polar surface area (TPSA) is 67.9 Å². The van der Waals surface area contributed by atoms with E-state index in [4.69, 9.17) is 21.1 Å². The average molecular weight is 509 g/mol. The Hall–Kier alpha value is -3.51. The molecule has 0 radical (unpaired) electrons. The van der Waals surface area contributed by atoms with Gasteiger partial charge in [0.25, 0.3) is 5.91 Å². The maximum absolute atomic E-state index is 13.6. The predicted molar refractivity (Wildman–Crippen MR) is 142 cm³/mol. The second-order valence-electron chi connectivity index (χ2n) is 9.54. The molecule has 0 heterocycles. The molecule has 1 N–H and O–H groups in total. The lowest BCUT2D eigenvalue weighted by atomic mass is 10.0. The van der Waals surface area contributed by atoms with Crippen LogP contribution in [0.1, 0.15) is 31.9 Å². The zero-order valence-electron chi connectivity index (χ0n) is 21.2. The fourth-order valence-electron chi connectivity index (χ4n) is 3.76. The number of nitrogens with zero attached hydrogens (tertiary/aromatic N) is 1. The second kappa shape index (κ2) is 12.5. The van der Waals surface area contributed by atoms with Crippen LogP contribution in [0, 0.1) is 0 Å². The lowest BCUT2D eigenvalue weighted by molar-refractivity contribution is -0.143. The molecule has 6 nitrogen and oxygen atoms in total. The van der Waals surface area contributed by atoms with Crippen LogP contribution in [-0.2, 0) is 22.6 Å². The molecule has 3 aromatic carbocycles. The fourth-order valence-corrected chi connectivity index (χ4v) is 3.95. The van der Waals surface area contributed by atoms with E-state index in [1.807, 2.05) is 75.4 Å². The molecule has 190 valence electrons. The lowest BCUT2D eigenvalue weighted by Gasteiger charge is -2.33. The summed E-state index contributed by atoms with van der Waals surface area (Å²) < 4.78 is 11.1. The van der Waals surface area contributed by atoms with Crippen LogP contribution in [0.2, 0.25) is 5.02 Å². The van der Waals surface area contributed by atoms with Gasteiger partial charge in [-0.25, -0.2) is 0 Å². The average Bonchev–Trinajstić information content (AvgIpc) is 2.85. The summed E-state index contributed by atoms with van der Waals surface area (Å²) in [5, 5.41) is 3.46. The lowest BCUT2D eigenvalue weighted by Crippen LogP contribution is -2.55. The van der Waals surface area contributed by atoms with Crippen LogP contribution in [0.4, 0.5) is 0 Å². The van der Waals surface area contributed by atoms with Crippen molar-refractivity contribution in [3.8, 4) is 11.5 Å². The van der Waals surface area contributed by atoms with Crippen LogP contribution in [0.5, 0.6) is 11.5 Å². The quantitative estimate of drug-likeness (QED) is 0.404. The van der Waals surface area contributed by atoms with Gasteiger partial charge in [0.1, 0.15) is 17.5 Å². The van der Waals surface area contributed by atoms with E-state index in [0.717, 1.165) is 11.1 Å². The van der Waals surface area contributed by atoms with E-state index in [0.29, 0.717) is 22.9 Å². The Morgan fingerprint density at radius 2 is 1.61 bits per heavy atom. The molecule has 7 heteroatoms. The zero-order valence-corrected chi connectivity index (χ0v) is 21.9. The summed E-state index contributed by atoms with van der Waals surface area (Å²) >= 11 is 6.22. The van der Waals surface area contributed by atoms with Crippen molar-refractivity contribution in [1.29, 1.82) is 0 Å². The van der Waals surface area contributed by atoms with Crippen LogP contribution in [0.25, 0.3) is 0 Å². The van der Waals surface area contributed by atoms with Gasteiger partial charge in [0.15, 0.2) is 6.61 Å². The van der Waals surface area contributed by atoms with Gasteiger partial charge in [-0.3, -0.25) is 9.59 Å². The third kappa shape index (κ3) is 8.02. The Morgan fingerprint density at radius 1 is 0.944 bits per heavy atom. The molecule has 0 saturated heterocycles. The van der Waals surface area contributed by atoms with Gasteiger partial charge in [0.05, 0.1) is 12.1 Å². The summed E-state index contributed by atoms with van der Waals surface area (Å²) in [6, 6.07) is 23.3. The molecule has 0 unspecified atom stereocenters. The fraction of sp³-hybridized carbons (Fsp3) is 0.310. The number of methoxy groups -OCH3 is 1. The molecule has 0 aliphatic carbocycles. The molecular formula is C29H33ClN2O4. The number of ether oxygens (including phenoxy) is 2. The first-order chi connectivity index (χ1) is 17.2. The van der Waals surface area contributed by atoms with Gasteiger partial charge >= 0.3 is 0 Å². The number of para-hydroxylation sites is 1. The summed E-state index contributed by atoms with van der Waals surface area (Å²) in [5.41, 5.74) is 1.31. The molecule has 0 bridgehead atoms. The van der Waals surface area contributed by atoms with Crippen LogP contribution in [-0.4, -0.2) is 42.0 Å². The highest BCUT2D eigenvalue weighted by Crippen LogP contribution is 2.24. The summed E-state index contributed by atoms with van der Waals surface area (Å²) in [6.45, 7) is 5.69. The van der Waals surface area contributed by atoms with Gasteiger partial charge in [0, 0.05) is 18.5 Å². The van der Waals surface area contributed by atoms with E-state index in [1.54, 1.807) is 36.3 Å². The number of nitrogens with one attached hydrogen (secondary N) is 1. The molecule has 0 aliphatic heterocycles. The van der Waals surface area contributed by atoms with Gasteiger partial charge in [-0.1, -0.05) is 66.2 Å². The Kier molecular flexibility index (Phi) is 9.37. The number of amides is 2. The summed E-state index contributed by atoms with van der Waals surface area (Å²) in [7, 11) is 1.59. The molecule has 0 aromatic heterocycles. The van der Waals surface area contributed by atoms with Crippen molar-refractivity contribution in [1.82, 2.24) is 10.2 Å². The summed E-state index contributed by atoms with van der Waals surface area (Å²) in [5.74, 6) is 0.515. The summed E-state index contributed by atoms with van der Waals surface area (Å²) in [4.78, 5) is 28.8. The van der Waals surface area contributed by atoms with E-state index in [2.05, 4.69) is 5.32 Å². The Morgan fingerprint density at radius 3 is 2.28 bits per heavy atom. The number of benzene rings is 3. The number of carbonyl (C=O) groups is 2. The van der Waals surface area contributed by atoms with Crippen molar-refractivity contribution in [2.45, 2.75) is 45.3 Å². The molecule has 0 spiro atoms. The van der Waals surface area contributed by atoms with E-state index in [1.165, 1.54) is 0 Å². The minimum absolute atomic E-state index is 0.205. The SMILES string of the molecule is COc1cccc(CN(C(=O)COc2ccccc2Cl)[C@@H](Cc2ccccc2)C(=O)NC(C)(C)C)c1. The standard InChI is InChI=1S/C29H33ClN2O4/c1-29(2,3)31-28(34)25(18-21-11-6-5-7-12-21)32(19-22-13-10-14-23(17-22)35-4)27(33)20-36-26-16-9-8-15-24(26)30/h5-17,25H,18-20H2,1-4H3,(H,31,34)/t25-/m0/s1. The molecule has 0 saturated carbocycles. The third-order valence-electron chi connectivity index (χ3n) is 5.44. The number of halogens is 1. The third-order valence-corrected chi connectivity index (χ3v) is 5.76.